The molecule has 5 rings (SSSR count). The van der Waals surface area contributed by atoms with Crippen molar-refractivity contribution in [1.82, 2.24) is 14.9 Å². The highest BCUT2D eigenvalue weighted by Gasteiger charge is 2.28. The van der Waals surface area contributed by atoms with E-state index >= 15 is 0 Å². The normalized spacial score (nSPS) is 15.2. The molecule has 1 aliphatic heterocycles. The predicted molar refractivity (Wildman–Crippen MR) is 144 cm³/mol. The van der Waals surface area contributed by atoms with Gasteiger partial charge in [-0.15, -0.1) is 0 Å². The molecule has 0 saturated heterocycles. The second-order valence-corrected chi connectivity index (χ2v) is 9.66. The summed E-state index contributed by atoms with van der Waals surface area (Å²) in [5.74, 6) is 0.569. The number of benzene rings is 3. The fraction of sp³-hybridized carbons (Fsp3) is 0.241. The average molecular weight is 501 g/mol. The van der Waals surface area contributed by atoms with E-state index in [1.54, 1.807) is 0 Å². The van der Waals surface area contributed by atoms with Crippen molar-refractivity contribution in [2.45, 2.75) is 39.0 Å². The lowest BCUT2D eigenvalue weighted by Gasteiger charge is -2.34. The number of nitrogens with zero attached hydrogens (tertiary/aromatic N) is 2. The standard InChI is InChI=1S/C29H29ClN4O2/c1-18(28(36)19(2)35)34-14-13-23-21(17-34)9-6-10-26(23)32-22-11-12-25(30)24(15-22)29-31-16-27(33-29)20-7-4-3-5-8-20/h3-12,15-16,18-19,32,35H,13-14,17H2,1-2H3,(H,31,33). The molecule has 36 heavy (non-hydrogen) atoms. The molecular weight excluding hydrogens is 472 g/mol. The van der Waals surface area contributed by atoms with Crippen LogP contribution in [0.4, 0.5) is 11.4 Å². The van der Waals surface area contributed by atoms with Crippen molar-refractivity contribution in [1.29, 1.82) is 0 Å². The van der Waals surface area contributed by atoms with Crippen molar-refractivity contribution < 1.29 is 9.90 Å². The first-order valence-corrected chi connectivity index (χ1v) is 12.5. The molecule has 0 amide bonds. The molecule has 2 atom stereocenters. The average Bonchev–Trinajstić information content (AvgIpc) is 3.39. The minimum atomic E-state index is -0.952. The van der Waals surface area contributed by atoms with E-state index in [0.717, 1.165) is 41.2 Å². The number of halogens is 1. The molecule has 0 saturated carbocycles. The Hall–Kier alpha value is -3.45. The number of rotatable bonds is 7. The Morgan fingerprint density at radius 3 is 2.69 bits per heavy atom. The van der Waals surface area contributed by atoms with Crippen LogP contribution in [-0.4, -0.2) is 44.4 Å². The van der Waals surface area contributed by atoms with Crippen molar-refractivity contribution in [2.75, 3.05) is 11.9 Å². The van der Waals surface area contributed by atoms with E-state index < -0.39 is 6.10 Å². The summed E-state index contributed by atoms with van der Waals surface area (Å²) in [4.78, 5) is 22.4. The number of aliphatic hydroxyl groups is 1. The van der Waals surface area contributed by atoms with Crippen LogP contribution < -0.4 is 5.32 Å². The molecule has 2 heterocycles. The van der Waals surface area contributed by atoms with Gasteiger partial charge in [0.1, 0.15) is 11.9 Å². The van der Waals surface area contributed by atoms with Crippen molar-refractivity contribution in [3.05, 3.63) is 89.1 Å². The number of hydrogen-bond donors (Lipinski definition) is 3. The van der Waals surface area contributed by atoms with Crippen molar-refractivity contribution in [3.8, 4) is 22.6 Å². The van der Waals surface area contributed by atoms with E-state index in [2.05, 4.69) is 32.3 Å². The van der Waals surface area contributed by atoms with Gasteiger partial charge >= 0.3 is 0 Å². The fourth-order valence-corrected chi connectivity index (χ4v) is 4.98. The molecule has 184 valence electrons. The number of fused-ring (bicyclic) bond motifs is 1. The third-order valence-corrected chi connectivity index (χ3v) is 7.16. The molecule has 3 aromatic carbocycles. The quantitative estimate of drug-likeness (QED) is 0.297. The van der Waals surface area contributed by atoms with E-state index in [1.807, 2.05) is 67.7 Å². The van der Waals surface area contributed by atoms with Gasteiger partial charge in [-0.2, -0.15) is 0 Å². The van der Waals surface area contributed by atoms with Gasteiger partial charge in [0, 0.05) is 30.0 Å². The highest BCUT2D eigenvalue weighted by Crippen LogP contribution is 2.34. The first kappa shape index (κ1) is 24.3. The molecule has 7 heteroatoms. The van der Waals surface area contributed by atoms with Crippen LogP contribution in [0.3, 0.4) is 0 Å². The molecule has 4 aromatic rings. The maximum atomic E-state index is 12.3. The third-order valence-electron chi connectivity index (χ3n) is 6.83. The molecule has 0 spiro atoms. The van der Waals surface area contributed by atoms with E-state index in [4.69, 9.17) is 11.6 Å². The van der Waals surface area contributed by atoms with Crippen LogP contribution >= 0.6 is 11.6 Å². The molecule has 0 radical (unpaired) electrons. The van der Waals surface area contributed by atoms with E-state index in [1.165, 1.54) is 18.1 Å². The number of ketones is 1. The number of aromatic amines is 1. The summed E-state index contributed by atoms with van der Waals surface area (Å²) >= 11 is 6.56. The Bertz CT molecular complexity index is 1380. The van der Waals surface area contributed by atoms with Crippen molar-refractivity contribution in [2.24, 2.45) is 0 Å². The topological polar surface area (TPSA) is 81.2 Å². The van der Waals surface area contributed by atoms with Gasteiger partial charge in [-0.3, -0.25) is 9.69 Å². The minimum Gasteiger partial charge on any atom is -0.386 e. The zero-order chi connectivity index (χ0) is 25.2. The summed E-state index contributed by atoms with van der Waals surface area (Å²) in [6.45, 7) is 4.83. The number of Topliss-reactive ketones (excluding diaryl/α,β-unsaturated/α-hetero) is 1. The lowest BCUT2D eigenvalue weighted by Crippen LogP contribution is -2.45. The monoisotopic (exact) mass is 500 g/mol. The molecule has 3 N–H and O–H groups in total. The number of nitrogens with one attached hydrogen (secondary N) is 2. The lowest BCUT2D eigenvalue weighted by molar-refractivity contribution is -0.131. The number of imidazole rings is 1. The first-order valence-electron chi connectivity index (χ1n) is 12.1. The van der Waals surface area contributed by atoms with Gasteiger partial charge in [-0.05, 0) is 61.2 Å². The largest absolute Gasteiger partial charge is 0.386 e. The van der Waals surface area contributed by atoms with E-state index in [0.29, 0.717) is 17.4 Å². The lowest BCUT2D eigenvalue weighted by atomic mass is 9.95. The summed E-state index contributed by atoms with van der Waals surface area (Å²) < 4.78 is 0. The predicted octanol–water partition coefficient (Wildman–Crippen LogP) is 5.84. The van der Waals surface area contributed by atoms with Gasteiger partial charge in [-0.25, -0.2) is 4.98 Å². The summed E-state index contributed by atoms with van der Waals surface area (Å²) in [6.07, 6.45) is 1.69. The van der Waals surface area contributed by atoms with E-state index in [-0.39, 0.29) is 11.8 Å². The highest BCUT2D eigenvalue weighted by molar-refractivity contribution is 6.33. The molecule has 0 aliphatic carbocycles. The highest BCUT2D eigenvalue weighted by atomic mass is 35.5. The smallest absolute Gasteiger partial charge is 0.177 e. The van der Waals surface area contributed by atoms with Gasteiger partial charge < -0.3 is 15.4 Å². The van der Waals surface area contributed by atoms with Crippen LogP contribution in [0, 0.1) is 0 Å². The van der Waals surface area contributed by atoms with Crippen LogP contribution in [0.5, 0.6) is 0 Å². The number of carbonyl (C=O) groups is 1. The molecular formula is C29H29ClN4O2. The fourth-order valence-electron chi connectivity index (χ4n) is 4.77. The van der Waals surface area contributed by atoms with Crippen LogP contribution in [0.1, 0.15) is 25.0 Å². The SMILES string of the molecule is CC(O)C(=O)C(C)N1CCc2c(cccc2Nc2ccc(Cl)c(-c3ncc(-c4ccccc4)[nH]3)c2)C1. The van der Waals surface area contributed by atoms with Gasteiger partial charge in [-0.1, -0.05) is 54.1 Å². The number of hydrogen-bond acceptors (Lipinski definition) is 5. The van der Waals surface area contributed by atoms with Gasteiger partial charge in [0.15, 0.2) is 5.78 Å². The minimum absolute atomic E-state index is 0.144. The maximum Gasteiger partial charge on any atom is 0.177 e. The molecule has 0 bridgehead atoms. The Kier molecular flexibility index (Phi) is 6.92. The first-order chi connectivity index (χ1) is 17.4. The summed E-state index contributed by atoms with van der Waals surface area (Å²) in [7, 11) is 0. The zero-order valence-corrected chi connectivity index (χ0v) is 21.1. The Labute approximate surface area is 216 Å². The second-order valence-electron chi connectivity index (χ2n) is 9.25. The van der Waals surface area contributed by atoms with Crippen LogP contribution in [-0.2, 0) is 17.8 Å². The molecule has 1 aliphatic rings. The van der Waals surface area contributed by atoms with Gasteiger partial charge in [0.2, 0.25) is 0 Å². The van der Waals surface area contributed by atoms with Gasteiger partial charge in [0.25, 0.3) is 0 Å². The summed E-state index contributed by atoms with van der Waals surface area (Å²) in [5.41, 5.74) is 7.21. The number of anilines is 2. The summed E-state index contributed by atoms with van der Waals surface area (Å²) in [6, 6.07) is 21.8. The Morgan fingerprint density at radius 2 is 1.92 bits per heavy atom. The molecule has 6 nitrogen and oxygen atoms in total. The summed E-state index contributed by atoms with van der Waals surface area (Å²) in [5, 5.41) is 13.9. The Balaban J connectivity index is 1.38. The van der Waals surface area contributed by atoms with Crippen molar-refractivity contribution in [3.63, 3.8) is 0 Å². The number of H-pyrrole nitrogens is 1. The third kappa shape index (κ3) is 4.93. The zero-order valence-electron chi connectivity index (χ0n) is 20.3. The number of aliphatic hydroxyl groups excluding tert-OH is 1. The molecule has 1 aromatic heterocycles. The van der Waals surface area contributed by atoms with Crippen LogP contribution in [0.25, 0.3) is 22.6 Å². The maximum absolute atomic E-state index is 12.3. The van der Waals surface area contributed by atoms with Crippen LogP contribution in [0.2, 0.25) is 5.02 Å². The van der Waals surface area contributed by atoms with E-state index in [9.17, 15) is 9.90 Å². The Morgan fingerprint density at radius 1 is 1.11 bits per heavy atom. The second kappa shape index (κ2) is 10.3. The molecule has 0 fully saturated rings. The number of carbonyl (C=O) groups excluding carboxylic acids is 1. The van der Waals surface area contributed by atoms with Crippen LogP contribution in [0.15, 0.2) is 72.9 Å². The van der Waals surface area contributed by atoms with Crippen molar-refractivity contribution >= 4 is 28.8 Å². The number of aromatic nitrogens is 2. The molecule has 2 unspecified atom stereocenters. The van der Waals surface area contributed by atoms with Gasteiger partial charge in [0.05, 0.1) is 23.0 Å².